The maximum atomic E-state index is 11.6. The number of rotatable bonds is 3. The molecular weight excluding hydrogens is 242 g/mol. The molecule has 4 nitrogen and oxygen atoms in total. The van der Waals surface area contributed by atoms with Crippen molar-refractivity contribution in [2.45, 2.75) is 20.3 Å². The molecule has 0 aliphatic rings. The topological polar surface area (TPSA) is 70.3 Å². The molecule has 17 heavy (non-hydrogen) atoms. The van der Waals surface area contributed by atoms with E-state index < -0.39 is 5.97 Å². The van der Waals surface area contributed by atoms with Gasteiger partial charge >= 0.3 is 5.97 Å². The summed E-state index contributed by atoms with van der Waals surface area (Å²) < 4.78 is 4.80. The fourth-order valence-corrected chi connectivity index (χ4v) is 1.79. The smallest absolute Gasteiger partial charge is 0.341 e. The lowest BCUT2D eigenvalue weighted by molar-refractivity contribution is 0.0523. The number of hydrogen-bond acceptors (Lipinski definition) is 4. The zero-order chi connectivity index (χ0) is 13.0. The Morgan fingerprint density at radius 1 is 1.59 bits per heavy atom. The van der Waals surface area contributed by atoms with Crippen molar-refractivity contribution in [3.8, 4) is 11.8 Å². The SMILES string of the molecule is CCOC(=O)c1cc(C#N)c(Cl)c(CC)c1O. The van der Waals surface area contributed by atoms with Gasteiger partial charge in [0.2, 0.25) is 0 Å². The molecule has 1 rings (SSSR count). The number of esters is 1. The molecule has 0 heterocycles. The van der Waals surface area contributed by atoms with Crippen LogP contribution in [0, 0.1) is 11.3 Å². The maximum absolute atomic E-state index is 11.6. The van der Waals surface area contributed by atoms with E-state index in [0.717, 1.165) is 0 Å². The first-order chi connectivity index (χ1) is 8.06. The van der Waals surface area contributed by atoms with Crippen LogP contribution in [0.3, 0.4) is 0 Å². The maximum Gasteiger partial charge on any atom is 0.341 e. The number of carbonyl (C=O) groups excluding carboxylic acids is 1. The summed E-state index contributed by atoms with van der Waals surface area (Å²) >= 11 is 5.93. The minimum Gasteiger partial charge on any atom is -0.507 e. The molecule has 0 saturated carbocycles. The zero-order valence-electron chi connectivity index (χ0n) is 9.58. The third-order valence-corrected chi connectivity index (χ3v) is 2.73. The van der Waals surface area contributed by atoms with Gasteiger partial charge in [-0.05, 0) is 19.4 Å². The number of hydrogen-bond donors (Lipinski definition) is 1. The van der Waals surface area contributed by atoms with Crippen molar-refractivity contribution in [3.05, 3.63) is 27.8 Å². The summed E-state index contributed by atoms with van der Waals surface area (Å²) in [5, 5.41) is 19.0. The predicted molar refractivity (Wildman–Crippen MR) is 63.2 cm³/mol. The van der Waals surface area contributed by atoms with E-state index in [2.05, 4.69) is 0 Å². The number of halogens is 1. The van der Waals surface area contributed by atoms with Gasteiger partial charge < -0.3 is 9.84 Å². The Morgan fingerprint density at radius 2 is 2.24 bits per heavy atom. The second-order valence-corrected chi connectivity index (χ2v) is 3.68. The third kappa shape index (κ3) is 2.51. The average Bonchev–Trinajstić information content (AvgIpc) is 2.30. The van der Waals surface area contributed by atoms with E-state index in [1.165, 1.54) is 6.07 Å². The third-order valence-electron chi connectivity index (χ3n) is 2.30. The van der Waals surface area contributed by atoms with Gasteiger partial charge in [-0.2, -0.15) is 5.26 Å². The number of benzene rings is 1. The van der Waals surface area contributed by atoms with Crippen LogP contribution in [-0.4, -0.2) is 17.7 Å². The normalized spacial score (nSPS) is 9.76. The van der Waals surface area contributed by atoms with Crippen LogP contribution in [0.4, 0.5) is 0 Å². The molecule has 0 spiro atoms. The summed E-state index contributed by atoms with van der Waals surface area (Å²) in [6, 6.07) is 3.13. The van der Waals surface area contributed by atoms with E-state index in [0.29, 0.717) is 12.0 Å². The predicted octanol–water partition coefficient (Wildman–Crippen LogP) is 2.66. The molecule has 0 aliphatic heterocycles. The summed E-state index contributed by atoms with van der Waals surface area (Å²) in [6.07, 6.45) is 0.423. The Balaban J connectivity index is 3.42. The first-order valence-corrected chi connectivity index (χ1v) is 5.56. The van der Waals surface area contributed by atoms with E-state index in [1.54, 1.807) is 13.8 Å². The lowest BCUT2D eigenvalue weighted by atomic mass is 10.0. The van der Waals surface area contributed by atoms with Crippen LogP contribution in [0.25, 0.3) is 0 Å². The lowest BCUT2D eigenvalue weighted by Gasteiger charge is -2.11. The molecule has 5 heteroatoms. The Bertz CT molecular complexity index is 492. The highest BCUT2D eigenvalue weighted by molar-refractivity contribution is 6.33. The molecule has 0 aromatic heterocycles. The fraction of sp³-hybridized carbons (Fsp3) is 0.333. The van der Waals surface area contributed by atoms with Gasteiger partial charge in [0, 0.05) is 5.56 Å². The quantitative estimate of drug-likeness (QED) is 0.841. The number of phenols is 1. The molecule has 0 aliphatic carbocycles. The molecule has 0 saturated heterocycles. The fourth-order valence-electron chi connectivity index (χ4n) is 1.47. The Kier molecular flexibility index (Phi) is 4.36. The van der Waals surface area contributed by atoms with E-state index in [9.17, 15) is 9.90 Å². The van der Waals surface area contributed by atoms with Crippen molar-refractivity contribution in [3.63, 3.8) is 0 Å². The number of nitriles is 1. The number of phenolic OH excluding ortho intramolecular Hbond substituents is 1. The van der Waals surface area contributed by atoms with Crippen LogP contribution in [0.5, 0.6) is 5.75 Å². The van der Waals surface area contributed by atoms with Crippen LogP contribution in [0.2, 0.25) is 5.02 Å². The summed E-state index contributed by atoms with van der Waals surface area (Å²) in [7, 11) is 0. The average molecular weight is 254 g/mol. The zero-order valence-corrected chi connectivity index (χ0v) is 10.3. The van der Waals surface area contributed by atoms with Crippen LogP contribution in [-0.2, 0) is 11.2 Å². The van der Waals surface area contributed by atoms with Crippen molar-refractivity contribution in [2.75, 3.05) is 6.61 Å². The highest BCUT2D eigenvalue weighted by atomic mass is 35.5. The van der Waals surface area contributed by atoms with Crippen LogP contribution in [0.1, 0.15) is 35.3 Å². The van der Waals surface area contributed by atoms with Crippen molar-refractivity contribution >= 4 is 17.6 Å². The highest BCUT2D eigenvalue weighted by Crippen LogP contribution is 2.33. The molecule has 0 fully saturated rings. The van der Waals surface area contributed by atoms with Gasteiger partial charge in [-0.3, -0.25) is 0 Å². The van der Waals surface area contributed by atoms with Gasteiger partial charge in [-0.15, -0.1) is 0 Å². The van der Waals surface area contributed by atoms with Gasteiger partial charge in [0.1, 0.15) is 17.4 Å². The van der Waals surface area contributed by atoms with Crippen molar-refractivity contribution < 1.29 is 14.6 Å². The van der Waals surface area contributed by atoms with Crippen molar-refractivity contribution in [1.82, 2.24) is 0 Å². The standard InChI is InChI=1S/C12H12ClNO3/c1-3-8-10(13)7(6-14)5-9(11(8)15)12(16)17-4-2/h5,15H,3-4H2,1-2H3. The molecule has 0 atom stereocenters. The minimum atomic E-state index is -0.659. The molecule has 0 unspecified atom stereocenters. The summed E-state index contributed by atoms with van der Waals surface area (Å²) in [5.74, 6) is -0.872. The van der Waals surface area contributed by atoms with Crippen LogP contribution >= 0.6 is 11.6 Å². The van der Waals surface area contributed by atoms with Crippen molar-refractivity contribution in [2.24, 2.45) is 0 Å². The molecule has 0 radical (unpaired) electrons. The van der Waals surface area contributed by atoms with Gasteiger partial charge in [0.05, 0.1) is 17.2 Å². The van der Waals surface area contributed by atoms with E-state index >= 15 is 0 Å². The van der Waals surface area contributed by atoms with E-state index in [1.807, 2.05) is 6.07 Å². The number of nitrogens with zero attached hydrogens (tertiary/aromatic N) is 1. The first-order valence-electron chi connectivity index (χ1n) is 5.18. The molecule has 90 valence electrons. The largest absolute Gasteiger partial charge is 0.507 e. The monoisotopic (exact) mass is 253 g/mol. The summed E-state index contributed by atoms with van der Waals surface area (Å²) in [6.45, 7) is 3.64. The highest BCUT2D eigenvalue weighted by Gasteiger charge is 2.20. The number of ether oxygens (including phenoxy) is 1. The number of carbonyl (C=O) groups is 1. The van der Waals surface area contributed by atoms with E-state index in [-0.39, 0.29) is 28.5 Å². The molecule has 0 amide bonds. The van der Waals surface area contributed by atoms with Crippen LogP contribution < -0.4 is 0 Å². The lowest BCUT2D eigenvalue weighted by Crippen LogP contribution is -2.07. The van der Waals surface area contributed by atoms with E-state index in [4.69, 9.17) is 21.6 Å². The van der Waals surface area contributed by atoms with Gasteiger partial charge in [-0.25, -0.2) is 4.79 Å². The molecule has 1 aromatic carbocycles. The first kappa shape index (κ1) is 13.3. The van der Waals surface area contributed by atoms with Crippen molar-refractivity contribution in [1.29, 1.82) is 5.26 Å². The molecule has 0 bridgehead atoms. The summed E-state index contributed by atoms with van der Waals surface area (Å²) in [5.41, 5.74) is 0.516. The Labute approximate surface area is 104 Å². The van der Waals surface area contributed by atoms with Gasteiger partial charge in [0.15, 0.2) is 0 Å². The second kappa shape index (κ2) is 5.55. The molecule has 1 aromatic rings. The minimum absolute atomic E-state index is 0.0235. The number of aromatic hydroxyl groups is 1. The summed E-state index contributed by atoms with van der Waals surface area (Å²) in [4.78, 5) is 11.6. The van der Waals surface area contributed by atoms with Crippen LogP contribution in [0.15, 0.2) is 6.07 Å². The van der Waals surface area contributed by atoms with Gasteiger partial charge in [-0.1, -0.05) is 18.5 Å². The Hall–Kier alpha value is -1.73. The Morgan fingerprint density at radius 3 is 2.71 bits per heavy atom. The molecule has 1 N–H and O–H groups in total. The second-order valence-electron chi connectivity index (χ2n) is 3.30. The molecular formula is C12H12ClNO3. The van der Waals surface area contributed by atoms with Gasteiger partial charge in [0.25, 0.3) is 0 Å².